The van der Waals surface area contributed by atoms with Crippen molar-refractivity contribution in [2.45, 2.75) is 26.7 Å². The average molecular weight is 334 g/mol. The fourth-order valence-corrected chi connectivity index (χ4v) is 0.232. The van der Waals surface area contributed by atoms with E-state index in [-0.39, 0.29) is 7.43 Å². The standard InChI is InChI=1S/C5H4F3NO.C3H3F3O.C3H5N.CH4/c1-2-3-9-4(10)5(6,7)8;1-2(7)3(4,5)6;1-2-3-4;/h1H,3H2,(H,9,10);1H3;1H,3-4H2;1H4. The van der Waals surface area contributed by atoms with Crippen molar-refractivity contribution in [3.63, 3.8) is 0 Å². The summed E-state index contributed by atoms with van der Waals surface area (Å²) in [7, 11) is 0. The quantitative estimate of drug-likeness (QED) is 0.566. The van der Waals surface area contributed by atoms with Crippen molar-refractivity contribution in [1.82, 2.24) is 5.32 Å². The Bertz CT molecular complexity index is 402. The van der Waals surface area contributed by atoms with Crippen LogP contribution in [0.4, 0.5) is 26.3 Å². The van der Waals surface area contributed by atoms with Crippen LogP contribution in [0.2, 0.25) is 0 Å². The Labute approximate surface area is 124 Å². The van der Waals surface area contributed by atoms with Crippen LogP contribution in [0.5, 0.6) is 0 Å². The van der Waals surface area contributed by atoms with Gasteiger partial charge in [-0.2, -0.15) is 26.3 Å². The van der Waals surface area contributed by atoms with Crippen LogP contribution in [0.3, 0.4) is 0 Å². The van der Waals surface area contributed by atoms with Gasteiger partial charge < -0.3 is 11.1 Å². The smallest absolute Gasteiger partial charge is 0.337 e. The van der Waals surface area contributed by atoms with E-state index in [9.17, 15) is 35.9 Å². The second-order valence-electron chi connectivity index (χ2n) is 2.85. The number of rotatable bonds is 1. The molecule has 1 amide bonds. The number of Topliss-reactive ketones (excluding diaryl/α,β-unsaturated/α-hetero) is 1. The minimum Gasteiger partial charge on any atom is -0.337 e. The lowest BCUT2D eigenvalue weighted by molar-refractivity contribution is -0.173. The van der Waals surface area contributed by atoms with Gasteiger partial charge in [0.15, 0.2) is 0 Å². The number of nitrogens with two attached hydrogens (primary N) is 1. The molecule has 0 atom stereocenters. The monoisotopic (exact) mass is 334 g/mol. The summed E-state index contributed by atoms with van der Waals surface area (Å²) in [6.07, 6.45) is -0.235. The van der Waals surface area contributed by atoms with Gasteiger partial charge in [-0.3, -0.25) is 9.59 Å². The van der Waals surface area contributed by atoms with Crippen LogP contribution in [0.25, 0.3) is 0 Å². The molecule has 0 bridgehead atoms. The van der Waals surface area contributed by atoms with E-state index in [2.05, 4.69) is 18.8 Å². The van der Waals surface area contributed by atoms with E-state index >= 15 is 0 Å². The van der Waals surface area contributed by atoms with E-state index in [0.717, 1.165) is 0 Å². The van der Waals surface area contributed by atoms with Gasteiger partial charge in [0, 0.05) is 6.92 Å². The van der Waals surface area contributed by atoms with Crippen LogP contribution in [-0.2, 0) is 9.59 Å². The van der Waals surface area contributed by atoms with E-state index in [1.165, 1.54) is 5.32 Å². The third kappa shape index (κ3) is 22.9. The zero-order valence-corrected chi connectivity index (χ0v) is 10.7. The Morgan fingerprint density at radius 3 is 1.50 bits per heavy atom. The molecule has 0 aliphatic carbocycles. The molecule has 0 unspecified atom stereocenters. The van der Waals surface area contributed by atoms with Gasteiger partial charge in [0.05, 0.1) is 13.1 Å². The molecule has 0 heterocycles. The molecule has 128 valence electrons. The highest BCUT2D eigenvalue weighted by Gasteiger charge is 2.38. The molecule has 0 aromatic rings. The molecule has 0 spiro atoms. The molecule has 0 aromatic heterocycles. The zero-order chi connectivity index (χ0) is 17.7. The molecule has 0 radical (unpaired) electrons. The number of hydrogen-bond donors (Lipinski definition) is 2. The average Bonchev–Trinajstić information content (AvgIpc) is 2.34. The molecular weight excluding hydrogens is 318 g/mol. The van der Waals surface area contributed by atoms with Gasteiger partial charge in [0.1, 0.15) is 0 Å². The maximum absolute atomic E-state index is 11.3. The third-order valence-electron chi connectivity index (χ3n) is 1.13. The van der Waals surface area contributed by atoms with E-state index in [0.29, 0.717) is 13.5 Å². The lowest BCUT2D eigenvalue weighted by atomic mass is 10.5. The third-order valence-corrected chi connectivity index (χ3v) is 1.13. The van der Waals surface area contributed by atoms with Crippen molar-refractivity contribution in [1.29, 1.82) is 0 Å². The Morgan fingerprint density at radius 2 is 1.36 bits per heavy atom. The number of nitrogens with one attached hydrogen (secondary N) is 1. The van der Waals surface area contributed by atoms with Crippen molar-refractivity contribution in [3.05, 3.63) is 0 Å². The molecule has 0 aliphatic rings. The van der Waals surface area contributed by atoms with Crippen molar-refractivity contribution < 1.29 is 35.9 Å². The summed E-state index contributed by atoms with van der Waals surface area (Å²) in [6, 6.07) is 0. The first-order valence-electron chi connectivity index (χ1n) is 4.84. The summed E-state index contributed by atoms with van der Waals surface area (Å²) in [4.78, 5) is 19.2. The van der Waals surface area contributed by atoms with Gasteiger partial charge in [0.2, 0.25) is 5.78 Å². The lowest BCUT2D eigenvalue weighted by Gasteiger charge is -2.03. The first-order valence-corrected chi connectivity index (χ1v) is 4.84. The number of hydrogen-bond acceptors (Lipinski definition) is 3. The summed E-state index contributed by atoms with van der Waals surface area (Å²) in [5.74, 6) is 0.281. The molecule has 22 heavy (non-hydrogen) atoms. The van der Waals surface area contributed by atoms with E-state index in [1.807, 2.05) is 5.92 Å². The highest BCUT2D eigenvalue weighted by atomic mass is 19.4. The number of ketones is 1. The first kappa shape index (κ1) is 28.0. The van der Waals surface area contributed by atoms with Crippen LogP contribution >= 0.6 is 0 Å². The largest absolute Gasteiger partial charge is 0.471 e. The molecule has 0 saturated carbocycles. The fraction of sp³-hybridized carbons (Fsp3) is 0.500. The Balaban J connectivity index is -0.000000118. The number of alkyl halides is 6. The van der Waals surface area contributed by atoms with Gasteiger partial charge in [-0.25, -0.2) is 0 Å². The summed E-state index contributed by atoms with van der Waals surface area (Å²) < 4.78 is 66.4. The van der Waals surface area contributed by atoms with Crippen molar-refractivity contribution >= 4 is 11.7 Å². The summed E-state index contributed by atoms with van der Waals surface area (Å²) in [6.45, 7) is 0.429. The van der Waals surface area contributed by atoms with Crippen LogP contribution < -0.4 is 11.1 Å². The predicted molar refractivity (Wildman–Crippen MR) is 69.3 cm³/mol. The number of terminal acetylenes is 2. The van der Waals surface area contributed by atoms with Crippen LogP contribution in [-0.4, -0.2) is 37.1 Å². The highest BCUT2D eigenvalue weighted by Crippen LogP contribution is 2.14. The zero-order valence-electron chi connectivity index (χ0n) is 10.7. The molecule has 0 aromatic carbocycles. The molecule has 0 saturated heterocycles. The molecule has 10 heteroatoms. The number of amides is 1. The topological polar surface area (TPSA) is 72.2 Å². The van der Waals surface area contributed by atoms with Crippen LogP contribution in [0.1, 0.15) is 14.4 Å². The Kier molecular flexibility index (Phi) is 17.5. The van der Waals surface area contributed by atoms with Crippen LogP contribution in [0.15, 0.2) is 0 Å². The number of carbonyl (C=O) groups is 2. The highest BCUT2D eigenvalue weighted by molar-refractivity contribution is 5.81. The second kappa shape index (κ2) is 13.8. The normalized spacial score (nSPS) is 9.18. The van der Waals surface area contributed by atoms with Gasteiger partial charge in [-0.05, 0) is 0 Å². The van der Waals surface area contributed by atoms with Crippen molar-refractivity contribution in [3.8, 4) is 24.7 Å². The number of halogens is 6. The maximum atomic E-state index is 11.3. The lowest BCUT2D eigenvalue weighted by Crippen LogP contribution is -2.36. The van der Waals surface area contributed by atoms with Gasteiger partial charge in [0.25, 0.3) is 0 Å². The molecule has 0 fully saturated rings. The molecule has 3 N–H and O–H groups in total. The molecule has 4 nitrogen and oxygen atoms in total. The van der Waals surface area contributed by atoms with Crippen LogP contribution in [0, 0.1) is 24.7 Å². The number of carbonyl (C=O) groups excluding carboxylic acids is 2. The SMILES string of the molecule is C.C#CCN.C#CCNC(=O)C(F)(F)F.CC(=O)C(F)(F)F. The van der Waals surface area contributed by atoms with Gasteiger partial charge >= 0.3 is 18.3 Å². The van der Waals surface area contributed by atoms with Gasteiger partial charge in [-0.15, -0.1) is 12.8 Å². The van der Waals surface area contributed by atoms with Gasteiger partial charge in [-0.1, -0.05) is 19.3 Å². The minimum absolute atomic E-state index is 0. The van der Waals surface area contributed by atoms with E-state index in [1.54, 1.807) is 0 Å². The second-order valence-corrected chi connectivity index (χ2v) is 2.85. The summed E-state index contributed by atoms with van der Waals surface area (Å²) in [5, 5.41) is 1.47. The Morgan fingerprint density at radius 1 is 1.05 bits per heavy atom. The van der Waals surface area contributed by atoms with Crippen molar-refractivity contribution in [2.75, 3.05) is 13.1 Å². The molecule has 0 rings (SSSR count). The predicted octanol–water partition coefficient (Wildman–Crippen LogP) is 1.65. The maximum Gasteiger partial charge on any atom is 0.471 e. The van der Waals surface area contributed by atoms with Crippen molar-refractivity contribution in [2.24, 2.45) is 5.73 Å². The Hall–Kier alpha value is -2.20. The van der Waals surface area contributed by atoms with E-state index < -0.39 is 30.6 Å². The summed E-state index contributed by atoms with van der Waals surface area (Å²) >= 11 is 0. The molecule has 0 aliphatic heterocycles. The summed E-state index contributed by atoms with van der Waals surface area (Å²) in [5.41, 5.74) is 4.79. The first-order chi connectivity index (χ1) is 9.34. The molecular formula is C12H16F6N2O2. The fourth-order valence-electron chi connectivity index (χ4n) is 0.232. The minimum atomic E-state index is -4.84. The van der Waals surface area contributed by atoms with E-state index in [4.69, 9.17) is 5.73 Å².